The number of para-hydroxylation sites is 1. The molecule has 1 amide bonds. The van der Waals surface area contributed by atoms with Crippen molar-refractivity contribution in [3.8, 4) is 11.5 Å². The molecule has 0 atom stereocenters. The lowest BCUT2D eigenvalue weighted by Gasteiger charge is -2.09. The maximum Gasteiger partial charge on any atom is 0.255 e. The van der Waals surface area contributed by atoms with Crippen molar-refractivity contribution in [2.45, 2.75) is 5.88 Å². The van der Waals surface area contributed by atoms with Crippen LogP contribution in [0.5, 0.6) is 11.5 Å². The summed E-state index contributed by atoms with van der Waals surface area (Å²) in [7, 11) is 0. The van der Waals surface area contributed by atoms with Crippen molar-refractivity contribution in [2.24, 2.45) is 0 Å². The highest BCUT2D eigenvalue weighted by Gasteiger charge is 2.16. The van der Waals surface area contributed by atoms with E-state index < -0.39 is 0 Å². The summed E-state index contributed by atoms with van der Waals surface area (Å²) in [6.07, 6.45) is 0. The number of halogens is 1. The number of benzene rings is 2. The first-order valence-corrected chi connectivity index (χ1v) is 6.66. The molecular formula is C15H12ClNO3. The van der Waals surface area contributed by atoms with E-state index in [1.54, 1.807) is 18.2 Å². The zero-order chi connectivity index (χ0) is 13.9. The molecule has 5 heteroatoms. The van der Waals surface area contributed by atoms with E-state index in [1.165, 1.54) is 0 Å². The summed E-state index contributed by atoms with van der Waals surface area (Å²) in [4.78, 5) is 12.2. The highest BCUT2D eigenvalue weighted by atomic mass is 35.5. The number of carbonyl (C=O) groups is 1. The minimum absolute atomic E-state index is 0.190. The summed E-state index contributed by atoms with van der Waals surface area (Å²) in [5.74, 6) is 1.38. The highest BCUT2D eigenvalue weighted by molar-refractivity contribution is 6.17. The second-order valence-corrected chi connectivity index (χ2v) is 4.58. The molecule has 1 aliphatic rings. The molecule has 0 fully saturated rings. The molecule has 2 aromatic carbocycles. The largest absolute Gasteiger partial charge is 0.454 e. The van der Waals surface area contributed by atoms with Crippen molar-refractivity contribution < 1.29 is 14.3 Å². The monoisotopic (exact) mass is 289 g/mol. The van der Waals surface area contributed by atoms with Crippen LogP contribution in [0, 0.1) is 0 Å². The van der Waals surface area contributed by atoms with Crippen molar-refractivity contribution in [2.75, 3.05) is 12.1 Å². The molecule has 0 radical (unpaired) electrons. The van der Waals surface area contributed by atoms with Crippen LogP contribution >= 0.6 is 11.6 Å². The molecule has 1 heterocycles. The average molecular weight is 290 g/mol. The Balaban J connectivity index is 1.83. The SMILES string of the molecule is O=C(Nc1ccccc1CCl)c1ccc2c(c1)OCO2. The molecular weight excluding hydrogens is 278 g/mol. The Morgan fingerprint density at radius 1 is 1.15 bits per heavy atom. The zero-order valence-corrected chi connectivity index (χ0v) is 11.3. The lowest BCUT2D eigenvalue weighted by Crippen LogP contribution is -2.12. The van der Waals surface area contributed by atoms with E-state index in [0.717, 1.165) is 5.56 Å². The first-order chi connectivity index (χ1) is 9.78. The summed E-state index contributed by atoms with van der Waals surface area (Å²) >= 11 is 5.85. The molecule has 0 unspecified atom stereocenters. The van der Waals surface area contributed by atoms with Gasteiger partial charge in [0.2, 0.25) is 6.79 Å². The quantitative estimate of drug-likeness (QED) is 0.881. The van der Waals surface area contributed by atoms with E-state index in [9.17, 15) is 4.79 Å². The molecule has 0 bridgehead atoms. The topological polar surface area (TPSA) is 47.6 Å². The number of nitrogens with one attached hydrogen (secondary N) is 1. The van der Waals surface area contributed by atoms with Crippen LogP contribution in [0.4, 0.5) is 5.69 Å². The molecule has 1 aliphatic heterocycles. The molecule has 4 nitrogen and oxygen atoms in total. The van der Waals surface area contributed by atoms with Gasteiger partial charge < -0.3 is 14.8 Å². The fourth-order valence-electron chi connectivity index (χ4n) is 1.99. The van der Waals surface area contributed by atoms with Crippen molar-refractivity contribution in [1.29, 1.82) is 0 Å². The zero-order valence-electron chi connectivity index (χ0n) is 10.6. The van der Waals surface area contributed by atoms with Crippen LogP contribution in [0.15, 0.2) is 42.5 Å². The van der Waals surface area contributed by atoms with Gasteiger partial charge >= 0.3 is 0 Å². The van der Waals surface area contributed by atoms with Gasteiger partial charge in [-0.25, -0.2) is 0 Å². The minimum atomic E-state index is -0.208. The van der Waals surface area contributed by atoms with Gasteiger partial charge in [-0.3, -0.25) is 4.79 Å². The predicted octanol–water partition coefficient (Wildman–Crippen LogP) is 3.41. The number of amides is 1. The van der Waals surface area contributed by atoms with Gasteiger partial charge in [0.15, 0.2) is 11.5 Å². The van der Waals surface area contributed by atoms with E-state index >= 15 is 0 Å². The van der Waals surface area contributed by atoms with Crippen molar-refractivity contribution in [1.82, 2.24) is 0 Å². The van der Waals surface area contributed by atoms with Gasteiger partial charge in [0.05, 0.1) is 0 Å². The second-order valence-electron chi connectivity index (χ2n) is 4.31. The van der Waals surface area contributed by atoms with Gasteiger partial charge in [-0.15, -0.1) is 11.6 Å². The maximum absolute atomic E-state index is 12.2. The normalized spacial score (nSPS) is 12.2. The third kappa shape index (κ3) is 2.42. The van der Waals surface area contributed by atoms with Gasteiger partial charge in [0.1, 0.15) is 0 Å². The Morgan fingerprint density at radius 3 is 2.80 bits per heavy atom. The van der Waals surface area contributed by atoms with Crippen molar-refractivity contribution in [3.05, 3.63) is 53.6 Å². The first kappa shape index (κ1) is 12.8. The number of anilines is 1. The van der Waals surface area contributed by atoms with E-state index in [0.29, 0.717) is 28.6 Å². The first-order valence-electron chi connectivity index (χ1n) is 6.13. The summed E-state index contributed by atoms with van der Waals surface area (Å²) in [5, 5.41) is 2.85. The summed E-state index contributed by atoms with van der Waals surface area (Å²) in [6.45, 7) is 0.190. The number of ether oxygens (including phenoxy) is 2. The lowest BCUT2D eigenvalue weighted by atomic mass is 10.1. The Hall–Kier alpha value is -2.20. The number of alkyl halides is 1. The standard InChI is InChI=1S/C15H12ClNO3/c16-8-11-3-1-2-4-12(11)17-15(18)10-5-6-13-14(7-10)20-9-19-13/h1-7H,8-9H2,(H,17,18). The molecule has 20 heavy (non-hydrogen) atoms. The van der Waals surface area contributed by atoms with Crippen molar-refractivity contribution >= 4 is 23.2 Å². The Bertz CT molecular complexity index is 657. The van der Waals surface area contributed by atoms with E-state index in [2.05, 4.69) is 5.32 Å². The van der Waals surface area contributed by atoms with Crippen LogP contribution in [0.3, 0.4) is 0 Å². The van der Waals surface area contributed by atoms with Crippen LogP contribution in [-0.2, 0) is 5.88 Å². The lowest BCUT2D eigenvalue weighted by molar-refractivity contribution is 0.102. The summed E-state index contributed by atoms with van der Waals surface area (Å²) in [6, 6.07) is 12.5. The summed E-state index contributed by atoms with van der Waals surface area (Å²) < 4.78 is 10.5. The number of hydrogen-bond acceptors (Lipinski definition) is 3. The molecule has 0 aromatic heterocycles. The molecule has 3 rings (SSSR count). The number of hydrogen-bond donors (Lipinski definition) is 1. The molecule has 0 saturated heterocycles. The van der Waals surface area contributed by atoms with Crippen molar-refractivity contribution in [3.63, 3.8) is 0 Å². The van der Waals surface area contributed by atoms with Gasteiger partial charge in [-0.1, -0.05) is 18.2 Å². The Labute approximate surface area is 121 Å². The van der Waals surface area contributed by atoms with Gasteiger partial charge in [0, 0.05) is 17.1 Å². The van der Waals surface area contributed by atoms with Crippen LogP contribution in [0.1, 0.15) is 15.9 Å². The maximum atomic E-state index is 12.2. The average Bonchev–Trinajstić information content (AvgIpc) is 2.95. The van der Waals surface area contributed by atoms with Crippen LogP contribution in [-0.4, -0.2) is 12.7 Å². The predicted molar refractivity (Wildman–Crippen MR) is 76.5 cm³/mol. The van der Waals surface area contributed by atoms with Gasteiger partial charge in [0.25, 0.3) is 5.91 Å². The minimum Gasteiger partial charge on any atom is -0.454 e. The van der Waals surface area contributed by atoms with Crippen LogP contribution in [0.25, 0.3) is 0 Å². The fourth-order valence-corrected chi connectivity index (χ4v) is 2.22. The highest BCUT2D eigenvalue weighted by Crippen LogP contribution is 2.32. The van der Waals surface area contributed by atoms with Crippen LogP contribution < -0.4 is 14.8 Å². The molecule has 2 aromatic rings. The van der Waals surface area contributed by atoms with E-state index in [1.807, 2.05) is 24.3 Å². The van der Waals surface area contributed by atoms with Gasteiger partial charge in [-0.05, 0) is 29.8 Å². The molecule has 0 spiro atoms. The molecule has 1 N–H and O–H groups in total. The van der Waals surface area contributed by atoms with E-state index in [-0.39, 0.29) is 12.7 Å². The Kier molecular flexibility index (Phi) is 3.48. The molecule has 0 saturated carbocycles. The summed E-state index contributed by atoms with van der Waals surface area (Å²) in [5.41, 5.74) is 2.10. The number of fused-ring (bicyclic) bond motifs is 1. The second kappa shape index (κ2) is 5.43. The van der Waals surface area contributed by atoms with Gasteiger partial charge in [-0.2, -0.15) is 0 Å². The molecule has 102 valence electrons. The smallest absolute Gasteiger partial charge is 0.255 e. The van der Waals surface area contributed by atoms with E-state index in [4.69, 9.17) is 21.1 Å². The fraction of sp³-hybridized carbons (Fsp3) is 0.133. The number of carbonyl (C=O) groups excluding carboxylic acids is 1. The Morgan fingerprint density at radius 2 is 1.95 bits per heavy atom. The third-order valence-corrected chi connectivity index (χ3v) is 3.33. The third-order valence-electron chi connectivity index (χ3n) is 3.04. The van der Waals surface area contributed by atoms with Crippen LogP contribution in [0.2, 0.25) is 0 Å². The molecule has 0 aliphatic carbocycles. The number of rotatable bonds is 3.